The number of pyridine rings is 1. The number of benzene rings is 9. The summed E-state index contributed by atoms with van der Waals surface area (Å²) >= 11 is 0. The van der Waals surface area contributed by atoms with Crippen LogP contribution in [0.3, 0.4) is 0 Å². The van der Waals surface area contributed by atoms with Gasteiger partial charge in [0.15, 0.2) is 0 Å². The first-order valence-electron chi connectivity index (χ1n) is 24.1. The molecule has 1 aliphatic rings. The van der Waals surface area contributed by atoms with E-state index in [0.29, 0.717) is 0 Å². The van der Waals surface area contributed by atoms with Gasteiger partial charge in [-0.15, -0.1) is 0 Å². The van der Waals surface area contributed by atoms with Crippen molar-refractivity contribution in [2.45, 2.75) is 31.6 Å². The number of hydrogen-bond acceptors (Lipinski definition) is 3. The second kappa shape index (κ2) is 15.1. The zero-order chi connectivity index (χ0) is 46.7. The molecular weight excluding hydrogens is 853 g/mol. The highest BCUT2D eigenvalue weighted by Crippen LogP contribution is 2.56. The number of fused-ring (bicyclic) bond motifs is 11. The number of aromatic amines is 1. The van der Waals surface area contributed by atoms with Crippen LogP contribution in [0, 0.1) is 0 Å². The summed E-state index contributed by atoms with van der Waals surface area (Å²) < 4.78 is 9.16. The number of aromatic nitrogens is 4. The molecule has 14 rings (SSSR count). The number of nitrogens with zero attached hydrogens (tertiary/aromatic N) is 3. The molecule has 4 aromatic heterocycles. The van der Waals surface area contributed by atoms with Gasteiger partial charge in [-0.2, -0.15) is 0 Å². The molecule has 0 aliphatic heterocycles. The maximum absolute atomic E-state index is 6.75. The van der Waals surface area contributed by atoms with E-state index in [1.165, 1.54) is 27.8 Å². The third kappa shape index (κ3) is 5.78. The monoisotopic (exact) mass is 898 g/mol. The van der Waals surface area contributed by atoms with Crippen molar-refractivity contribution in [3.8, 4) is 50.5 Å². The van der Waals surface area contributed by atoms with Gasteiger partial charge in [0.2, 0.25) is 0 Å². The number of imidazole rings is 1. The Labute approximate surface area is 405 Å². The second-order valence-electron chi connectivity index (χ2n) is 19.7. The lowest BCUT2D eigenvalue weighted by molar-refractivity contribution is 0.587. The Morgan fingerprint density at radius 2 is 1.20 bits per heavy atom. The number of para-hydroxylation sites is 4. The summed E-state index contributed by atoms with van der Waals surface area (Å²) in [6.45, 7) is 6.88. The number of nitrogens with one attached hydrogen (secondary N) is 1. The predicted molar refractivity (Wildman–Crippen MR) is 288 cm³/mol. The molecule has 0 bridgehead atoms. The van der Waals surface area contributed by atoms with Gasteiger partial charge in [-0.3, -0.25) is 9.55 Å². The van der Waals surface area contributed by atoms with Gasteiger partial charge < -0.3 is 9.40 Å². The van der Waals surface area contributed by atoms with E-state index in [-0.39, 0.29) is 5.41 Å². The molecule has 0 amide bonds. The van der Waals surface area contributed by atoms with Crippen molar-refractivity contribution in [3.05, 3.63) is 246 Å². The van der Waals surface area contributed by atoms with Crippen LogP contribution in [0.4, 0.5) is 0 Å². The van der Waals surface area contributed by atoms with Gasteiger partial charge in [0.05, 0.1) is 38.7 Å². The van der Waals surface area contributed by atoms with Crippen LogP contribution in [0.5, 0.6) is 0 Å². The third-order valence-corrected chi connectivity index (χ3v) is 14.8. The van der Waals surface area contributed by atoms with Gasteiger partial charge >= 0.3 is 0 Å². The fourth-order valence-corrected chi connectivity index (χ4v) is 11.8. The van der Waals surface area contributed by atoms with Crippen LogP contribution in [-0.4, -0.2) is 19.5 Å². The first-order valence-corrected chi connectivity index (χ1v) is 24.1. The van der Waals surface area contributed by atoms with E-state index in [0.717, 1.165) is 105 Å². The van der Waals surface area contributed by atoms with E-state index in [4.69, 9.17) is 14.4 Å². The lowest BCUT2D eigenvalue weighted by Crippen LogP contribution is -2.29. The molecular formula is C65H46N4O. The number of rotatable bonds is 6. The van der Waals surface area contributed by atoms with Crippen LogP contribution in [-0.2, 0) is 10.8 Å². The molecule has 9 aromatic carbocycles. The summed E-state index contributed by atoms with van der Waals surface area (Å²) in [6, 6.07) is 76.6. The molecule has 5 nitrogen and oxygen atoms in total. The summed E-state index contributed by atoms with van der Waals surface area (Å²) in [4.78, 5) is 15.0. The van der Waals surface area contributed by atoms with Crippen LogP contribution >= 0.6 is 0 Å². The van der Waals surface area contributed by atoms with Gasteiger partial charge in [-0.25, -0.2) is 4.98 Å². The topological polar surface area (TPSA) is 59.6 Å². The molecule has 0 saturated carbocycles. The predicted octanol–water partition coefficient (Wildman–Crippen LogP) is 16.6. The smallest absolute Gasteiger partial charge is 0.147 e. The summed E-state index contributed by atoms with van der Waals surface area (Å²) in [5, 5.41) is 4.31. The minimum Gasteiger partial charge on any atom is -0.455 e. The normalized spacial score (nSPS) is 13.2. The van der Waals surface area contributed by atoms with Crippen molar-refractivity contribution in [1.82, 2.24) is 19.5 Å². The van der Waals surface area contributed by atoms with Crippen molar-refractivity contribution in [2.24, 2.45) is 0 Å². The van der Waals surface area contributed by atoms with Gasteiger partial charge in [-0.05, 0) is 104 Å². The molecule has 5 heteroatoms. The molecule has 70 heavy (non-hydrogen) atoms. The minimum absolute atomic E-state index is 0.161. The lowest BCUT2D eigenvalue weighted by Gasteiger charge is -2.33. The molecule has 332 valence electrons. The Balaban J connectivity index is 1.06. The zero-order valence-corrected chi connectivity index (χ0v) is 39.0. The van der Waals surface area contributed by atoms with Crippen LogP contribution in [0.2, 0.25) is 0 Å². The van der Waals surface area contributed by atoms with Crippen LogP contribution in [0.25, 0.3) is 105 Å². The molecule has 0 unspecified atom stereocenters. The maximum Gasteiger partial charge on any atom is 0.147 e. The van der Waals surface area contributed by atoms with E-state index in [1.54, 1.807) is 0 Å². The summed E-state index contributed by atoms with van der Waals surface area (Å²) in [5.74, 6) is 0.857. The van der Waals surface area contributed by atoms with E-state index in [9.17, 15) is 0 Å². The van der Waals surface area contributed by atoms with Crippen LogP contribution in [0.1, 0.15) is 48.7 Å². The van der Waals surface area contributed by atoms with Crippen LogP contribution < -0.4 is 0 Å². The molecule has 0 radical (unpaired) electrons. The highest BCUT2D eigenvalue weighted by Gasteiger charge is 2.47. The maximum atomic E-state index is 6.75. The lowest BCUT2D eigenvalue weighted by atomic mass is 9.69. The average Bonchev–Trinajstić information content (AvgIpc) is 4.17. The zero-order valence-electron chi connectivity index (χ0n) is 39.0. The van der Waals surface area contributed by atoms with Gasteiger partial charge in [0, 0.05) is 39.0 Å². The Kier molecular flexibility index (Phi) is 8.69. The molecule has 1 N–H and O–H groups in total. The van der Waals surface area contributed by atoms with Crippen LogP contribution in [0.15, 0.2) is 223 Å². The van der Waals surface area contributed by atoms with Crippen molar-refractivity contribution in [2.75, 3.05) is 0 Å². The number of furan rings is 1. The Morgan fingerprint density at radius 1 is 0.529 bits per heavy atom. The van der Waals surface area contributed by atoms with Crippen molar-refractivity contribution in [3.63, 3.8) is 0 Å². The van der Waals surface area contributed by atoms with E-state index in [1.807, 2.05) is 12.3 Å². The fraction of sp³-hybridized carbons (Fsp3) is 0.0769. The first kappa shape index (κ1) is 40.3. The fourth-order valence-electron chi connectivity index (χ4n) is 11.8. The molecule has 0 atom stereocenters. The number of hydrogen-bond donors (Lipinski definition) is 1. The Hall–Kier alpha value is -8.80. The van der Waals surface area contributed by atoms with Crippen molar-refractivity contribution >= 4 is 54.8 Å². The first-order chi connectivity index (χ1) is 34.4. The van der Waals surface area contributed by atoms with Gasteiger partial charge in [0.25, 0.3) is 0 Å². The molecule has 4 heterocycles. The quantitative estimate of drug-likeness (QED) is 0.181. The summed E-state index contributed by atoms with van der Waals surface area (Å²) in [7, 11) is 0. The molecule has 0 fully saturated rings. The van der Waals surface area contributed by atoms with Crippen molar-refractivity contribution < 1.29 is 4.42 Å². The second-order valence-corrected chi connectivity index (χ2v) is 19.7. The van der Waals surface area contributed by atoms with Gasteiger partial charge in [-0.1, -0.05) is 185 Å². The molecule has 0 saturated heterocycles. The van der Waals surface area contributed by atoms with Crippen molar-refractivity contribution in [1.29, 1.82) is 0 Å². The van der Waals surface area contributed by atoms with E-state index < -0.39 is 5.41 Å². The van der Waals surface area contributed by atoms with E-state index >= 15 is 0 Å². The Bertz CT molecular complexity index is 4190. The third-order valence-electron chi connectivity index (χ3n) is 14.8. The molecule has 0 spiro atoms. The summed E-state index contributed by atoms with van der Waals surface area (Å²) in [6.07, 6.45) is 1.98. The van der Waals surface area contributed by atoms with E-state index in [2.05, 4.69) is 237 Å². The average molecular weight is 899 g/mol. The molecule has 13 aromatic rings. The standard InChI is InChI=1S/C65H46N4O/c1-64(2,3)53-30-13-15-32-55(53)69-56-33-18-27-44(60(56)68-63(69)50-39-49-47-25-10-16-34-57(47)70-62(49)59-48-26-9-14-31-54(48)67-61(50)59)42-21-17-22-43(37-42)65(58-38-41(35-36-66-58)40-19-5-4-6-20-40)51-28-11-7-23-45(51)46-24-8-12-29-52(46)65/h4-39,67H,1-3H3. The largest absolute Gasteiger partial charge is 0.455 e. The highest BCUT2D eigenvalue weighted by atomic mass is 16.3. The summed E-state index contributed by atoms with van der Waals surface area (Å²) in [5.41, 5.74) is 19.6. The Morgan fingerprint density at radius 3 is 2.01 bits per heavy atom. The highest BCUT2D eigenvalue weighted by molar-refractivity contribution is 6.26. The van der Waals surface area contributed by atoms with Gasteiger partial charge in [0.1, 0.15) is 17.0 Å². The molecule has 1 aliphatic carbocycles. The minimum atomic E-state index is -0.706. The number of H-pyrrole nitrogens is 1. The SMILES string of the molecule is CC(C)(C)c1ccccc1-n1c(-c2cc3c4ccccc4oc3c3c2[nH]c2ccccc23)nc2c(-c3cccc(C4(c5cc(-c6ccccc6)ccn5)c5ccccc5-c5ccccc54)c3)cccc21.